The molecule has 0 radical (unpaired) electrons. The van der Waals surface area contributed by atoms with Crippen molar-refractivity contribution in [1.29, 1.82) is 0 Å². The van der Waals surface area contributed by atoms with Crippen LogP contribution < -0.4 is 0 Å². The SMILES string of the molecule is CCCC(O)C#C/C(C)=C/CO. The largest absolute Gasteiger partial charge is 0.392 e. The topological polar surface area (TPSA) is 40.5 Å². The van der Waals surface area contributed by atoms with Crippen molar-refractivity contribution in [1.82, 2.24) is 0 Å². The zero-order valence-electron chi connectivity index (χ0n) is 7.67. The first-order valence-electron chi connectivity index (χ1n) is 4.18. The number of aliphatic hydroxyl groups is 2. The van der Waals surface area contributed by atoms with E-state index in [9.17, 15) is 5.11 Å². The zero-order valence-corrected chi connectivity index (χ0v) is 7.67. The minimum Gasteiger partial charge on any atom is -0.392 e. The maximum absolute atomic E-state index is 9.20. The van der Waals surface area contributed by atoms with Crippen LogP contribution in [-0.4, -0.2) is 22.9 Å². The summed E-state index contributed by atoms with van der Waals surface area (Å²) in [4.78, 5) is 0. The van der Waals surface area contributed by atoms with Crippen molar-refractivity contribution in [2.45, 2.75) is 32.8 Å². The van der Waals surface area contributed by atoms with Crippen molar-refractivity contribution < 1.29 is 10.2 Å². The van der Waals surface area contributed by atoms with Gasteiger partial charge in [-0.1, -0.05) is 25.2 Å². The van der Waals surface area contributed by atoms with Crippen molar-refractivity contribution >= 4 is 0 Å². The van der Waals surface area contributed by atoms with E-state index in [2.05, 4.69) is 11.8 Å². The Morgan fingerprint density at radius 2 is 2.25 bits per heavy atom. The van der Waals surface area contributed by atoms with E-state index in [1.165, 1.54) is 0 Å². The fourth-order valence-electron chi connectivity index (χ4n) is 0.731. The second-order valence-electron chi connectivity index (χ2n) is 2.64. The lowest BCUT2D eigenvalue weighted by molar-refractivity contribution is 0.221. The number of rotatable bonds is 3. The highest BCUT2D eigenvalue weighted by atomic mass is 16.3. The van der Waals surface area contributed by atoms with Crippen molar-refractivity contribution in [3.8, 4) is 11.8 Å². The molecule has 0 rings (SSSR count). The van der Waals surface area contributed by atoms with Crippen molar-refractivity contribution in [3.05, 3.63) is 11.6 Å². The van der Waals surface area contributed by atoms with Gasteiger partial charge in [-0.25, -0.2) is 0 Å². The van der Waals surface area contributed by atoms with E-state index in [1.54, 1.807) is 6.08 Å². The highest BCUT2D eigenvalue weighted by Gasteiger charge is 1.94. The van der Waals surface area contributed by atoms with Gasteiger partial charge in [-0.05, 0) is 25.0 Å². The highest BCUT2D eigenvalue weighted by Crippen LogP contribution is 1.95. The lowest BCUT2D eigenvalue weighted by atomic mass is 10.2. The average molecular weight is 168 g/mol. The monoisotopic (exact) mass is 168 g/mol. The molecule has 2 nitrogen and oxygen atoms in total. The fraction of sp³-hybridized carbons (Fsp3) is 0.600. The summed E-state index contributed by atoms with van der Waals surface area (Å²) in [6.45, 7) is 3.81. The molecule has 1 unspecified atom stereocenters. The molecular weight excluding hydrogens is 152 g/mol. The predicted molar refractivity (Wildman–Crippen MR) is 49.5 cm³/mol. The first-order chi connectivity index (χ1) is 5.70. The molecule has 0 aliphatic rings. The van der Waals surface area contributed by atoms with Crippen molar-refractivity contribution in [3.63, 3.8) is 0 Å². The molecule has 1 atom stereocenters. The lowest BCUT2D eigenvalue weighted by Gasteiger charge is -1.97. The molecule has 0 aromatic carbocycles. The summed E-state index contributed by atoms with van der Waals surface area (Å²) in [6.07, 6.45) is 2.72. The summed E-state index contributed by atoms with van der Waals surface area (Å²) < 4.78 is 0. The molecule has 0 saturated carbocycles. The third-order valence-corrected chi connectivity index (χ3v) is 1.40. The number of hydrogen-bond donors (Lipinski definition) is 2. The van der Waals surface area contributed by atoms with Gasteiger partial charge < -0.3 is 10.2 Å². The first kappa shape index (κ1) is 11.2. The Labute approximate surface area is 73.9 Å². The van der Waals surface area contributed by atoms with Gasteiger partial charge in [0.2, 0.25) is 0 Å². The van der Waals surface area contributed by atoms with Gasteiger partial charge in [0.25, 0.3) is 0 Å². The molecule has 2 heteroatoms. The van der Waals surface area contributed by atoms with E-state index in [1.807, 2.05) is 13.8 Å². The molecule has 0 heterocycles. The van der Waals surface area contributed by atoms with Crippen LogP contribution in [0.5, 0.6) is 0 Å². The minimum atomic E-state index is -0.531. The molecule has 0 aromatic heterocycles. The van der Waals surface area contributed by atoms with Gasteiger partial charge in [0.15, 0.2) is 0 Å². The van der Waals surface area contributed by atoms with Crippen LogP contribution in [0.25, 0.3) is 0 Å². The van der Waals surface area contributed by atoms with Gasteiger partial charge in [0, 0.05) is 0 Å². The van der Waals surface area contributed by atoms with E-state index in [0.717, 1.165) is 12.0 Å². The van der Waals surface area contributed by atoms with Gasteiger partial charge in [0.05, 0.1) is 6.61 Å². The Balaban J connectivity index is 3.93. The average Bonchev–Trinajstić information content (AvgIpc) is 2.02. The highest BCUT2D eigenvalue weighted by molar-refractivity contribution is 5.27. The molecule has 0 aliphatic carbocycles. The summed E-state index contributed by atoms with van der Waals surface area (Å²) in [5.41, 5.74) is 0.799. The molecule has 0 fully saturated rings. The van der Waals surface area contributed by atoms with Gasteiger partial charge in [-0.15, -0.1) is 0 Å². The molecule has 12 heavy (non-hydrogen) atoms. The Bertz CT molecular complexity index is 196. The minimum absolute atomic E-state index is 0.00435. The van der Waals surface area contributed by atoms with E-state index in [-0.39, 0.29) is 6.61 Å². The summed E-state index contributed by atoms with van der Waals surface area (Å²) in [6, 6.07) is 0. The summed E-state index contributed by atoms with van der Waals surface area (Å²) >= 11 is 0. The normalized spacial score (nSPS) is 13.5. The van der Waals surface area contributed by atoms with Crippen LogP contribution in [0.2, 0.25) is 0 Å². The Morgan fingerprint density at radius 1 is 1.58 bits per heavy atom. The second kappa shape index (κ2) is 6.90. The summed E-state index contributed by atoms with van der Waals surface area (Å²) in [7, 11) is 0. The van der Waals surface area contributed by atoms with Crippen LogP contribution >= 0.6 is 0 Å². The third-order valence-electron chi connectivity index (χ3n) is 1.40. The van der Waals surface area contributed by atoms with E-state index < -0.39 is 6.10 Å². The van der Waals surface area contributed by atoms with Crippen LogP contribution in [0, 0.1) is 11.8 Å². The van der Waals surface area contributed by atoms with Crippen molar-refractivity contribution in [2.24, 2.45) is 0 Å². The fourth-order valence-corrected chi connectivity index (χ4v) is 0.731. The smallest absolute Gasteiger partial charge is 0.115 e. The molecular formula is C10H16O2. The van der Waals surface area contributed by atoms with Crippen LogP contribution in [-0.2, 0) is 0 Å². The number of hydrogen-bond acceptors (Lipinski definition) is 2. The molecule has 0 aliphatic heterocycles. The molecule has 0 spiro atoms. The van der Waals surface area contributed by atoms with Crippen LogP contribution in [0.15, 0.2) is 11.6 Å². The maximum Gasteiger partial charge on any atom is 0.115 e. The lowest BCUT2D eigenvalue weighted by Crippen LogP contribution is -2.00. The third kappa shape index (κ3) is 5.96. The molecule has 0 bridgehead atoms. The van der Waals surface area contributed by atoms with E-state index >= 15 is 0 Å². The standard InChI is InChI=1S/C10H16O2/c1-3-4-10(12)6-5-9(2)7-8-11/h7,10-12H,3-4,8H2,1-2H3/b9-7+. The molecule has 2 N–H and O–H groups in total. The summed E-state index contributed by atoms with van der Waals surface area (Å²) in [5.74, 6) is 5.46. The van der Waals surface area contributed by atoms with E-state index in [0.29, 0.717) is 6.42 Å². The van der Waals surface area contributed by atoms with Gasteiger partial charge in [0.1, 0.15) is 6.10 Å². The van der Waals surface area contributed by atoms with Gasteiger partial charge >= 0.3 is 0 Å². The second-order valence-corrected chi connectivity index (χ2v) is 2.64. The van der Waals surface area contributed by atoms with Gasteiger partial charge in [-0.3, -0.25) is 0 Å². The van der Waals surface area contributed by atoms with Gasteiger partial charge in [-0.2, -0.15) is 0 Å². The maximum atomic E-state index is 9.20. The van der Waals surface area contributed by atoms with E-state index in [4.69, 9.17) is 5.11 Å². The Hall–Kier alpha value is -0.780. The molecule has 68 valence electrons. The predicted octanol–water partition coefficient (Wildman–Crippen LogP) is 1.09. The zero-order chi connectivity index (χ0) is 9.40. The Kier molecular flexibility index (Phi) is 6.45. The first-order valence-corrected chi connectivity index (χ1v) is 4.18. The molecule has 0 saturated heterocycles. The quantitative estimate of drug-likeness (QED) is 0.619. The summed E-state index contributed by atoms with van der Waals surface area (Å²) in [5, 5.41) is 17.7. The Morgan fingerprint density at radius 3 is 2.75 bits per heavy atom. The van der Waals surface area contributed by atoms with Crippen LogP contribution in [0.3, 0.4) is 0 Å². The molecule has 0 amide bonds. The number of allylic oxidation sites excluding steroid dienone is 1. The van der Waals surface area contributed by atoms with Crippen LogP contribution in [0.1, 0.15) is 26.7 Å². The molecule has 0 aromatic rings. The number of aliphatic hydroxyl groups excluding tert-OH is 2. The van der Waals surface area contributed by atoms with Crippen molar-refractivity contribution in [2.75, 3.05) is 6.61 Å². The van der Waals surface area contributed by atoms with Crippen LogP contribution in [0.4, 0.5) is 0 Å².